The molecule has 1 heterocycles. The lowest BCUT2D eigenvalue weighted by Gasteiger charge is -2.16. The van der Waals surface area contributed by atoms with Gasteiger partial charge >= 0.3 is 0 Å². The predicted octanol–water partition coefficient (Wildman–Crippen LogP) is 1.72. The fraction of sp³-hybridized carbons (Fsp3) is 0.286. The summed E-state index contributed by atoms with van der Waals surface area (Å²) >= 11 is 5.09. The van der Waals surface area contributed by atoms with Gasteiger partial charge in [0, 0.05) is 24.2 Å². The molecule has 1 aromatic carbocycles. The van der Waals surface area contributed by atoms with E-state index in [9.17, 15) is 9.18 Å². The van der Waals surface area contributed by atoms with Crippen molar-refractivity contribution in [3.8, 4) is 22.8 Å². The van der Waals surface area contributed by atoms with E-state index in [1.807, 2.05) is 0 Å². The summed E-state index contributed by atoms with van der Waals surface area (Å²) < 4.78 is 25.8. The summed E-state index contributed by atoms with van der Waals surface area (Å²) in [6, 6.07) is 3.86. The van der Waals surface area contributed by atoms with E-state index in [2.05, 4.69) is 4.98 Å². The molecule has 6 nitrogen and oxygen atoms in total. The molecule has 118 valence electrons. The number of ether oxygens (including phenoxy) is 2. The fourth-order valence-corrected chi connectivity index (χ4v) is 2.42. The Morgan fingerprint density at radius 1 is 1.27 bits per heavy atom. The van der Waals surface area contributed by atoms with E-state index in [0.29, 0.717) is 17.0 Å². The van der Waals surface area contributed by atoms with Gasteiger partial charge in [-0.3, -0.25) is 9.78 Å². The number of nitrogens with one attached hydrogen (secondary N) is 1. The smallest absolute Gasteiger partial charge is 0.252 e. The van der Waals surface area contributed by atoms with Gasteiger partial charge in [-0.15, -0.1) is 0 Å². The van der Waals surface area contributed by atoms with Crippen molar-refractivity contribution < 1.29 is 19.0 Å². The summed E-state index contributed by atoms with van der Waals surface area (Å²) in [6.07, 6.45) is 0. The molecule has 0 radical (unpaired) electrons. The molecule has 0 bridgehead atoms. The minimum Gasteiger partial charge on any atom is -0.496 e. The van der Waals surface area contributed by atoms with Crippen LogP contribution in [0.3, 0.4) is 0 Å². The first-order chi connectivity index (χ1) is 10.5. The number of aliphatic hydroxyl groups is 1. The molecule has 1 aromatic heterocycles. The van der Waals surface area contributed by atoms with Crippen molar-refractivity contribution in [3.63, 3.8) is 0 Å². The summed E-state index contributed by atoms with van der Waals surface area (Å²) in [5, 5.41) is 9.16. The third-order valence-electron chi connectivity index (χ3n) is 3.11. The molecule has 2 aromatic rings. The Morgan fingerprint density at radius 3 is 2.55 bits per heavy atom. The predicted molar refractivity (Wildman–Crippen MR) is 81.5 cm³/mol. The standard InChI is InChI=1S/C14H15FN2O4S/c1-20-11-7-12(21-2)9(15)5-8(11)10-6-13(19)16-14(22)17(10)3-4-18/h5-7,18H,3-4H2,1-2H3,(H,16,19,22). The Kier molecular flexibility index (Phi) is 4.94. The van der Waals surface area contributed by atoms with Crippen molar-refractivity contribution in [2.45, 2.75) is 6.54 Å². The molecule has 0 aliphatic heterocycles. The number of aromatic nitrogens is 2. The third-order valence-corrected chi connectivity index (χ3v) is 3.43. The van der Waals surface area contributed by atoms with Crippen molar-refractivity contribution in [1.82, 2.24) is 9.55 Å². The highest BCUT2D eigenvalue weighted by molar-refractivity contribution is 7.71. The number of hydrogen-bond donors (Lipinski definition) is 2. The van der Waals surface area contributed by atoms with Crippen LogP contribution < -0.4 is 15.0 Å². The van der Waals surface area contributed by atoms with Crippen molar-refractivity contribution in [3.05, 3.63) is 39.1 Å². The molecular weight excluding hydrogens is 311 g/mol. The molecule has 2 N–H and O–H groups in total. The van der Waals surface area contributed by atoms with Crippen molar-refractivity contribution in [2.24, 2.45) is 0 Å². The van der Waals surface area contributed by atoms with Gasteiger partial charge in [0.15, 0.2) is 16.3 Å². The maximum Gasteiger partial charge on any atom is 0.252 e. The van der Waals surface area contributed by atoms with Gasteiger partial charge in [-0.1, -0.05) is 0 Å². The van der Waals surface area contributed by atoms with Gasteiger partial charge in [0.1, 0.15) is 5.75 Å². The van der Waals surface area contributed by atoms with E-state index in [0.717, 1.165) is 0 Å². The monoisotopic (exact) mass is 326 g/mol. The fourth-order valence-electron chi connectivity index (χ4n) is 2.13. The molecule has 0 fully saturated rings. The molecule has 8 heteroatoms. The Bertz CT molecular complexity index is 800. The van der Waals surface area contributed by atoms with Crippen LogP contribution in [0, 0.1) is 10.6 Å². The number of H-pyrrole nitrogens is 1. The quantitative estimate of drug-likeness (QED) is 0.818. The molecule has 0 saturated carbocycles. The summed E-state index contributed by atoms with van der Waals surface area (Å²) in [5.74, 6) is -0.247. The van der Waals surface area contributed by atoms with Gasteiger partial charge in [0.2, 0.25) is 0 Å². The van der Waals surface area contributed by atoms with Gasteiger partial charge in [-0.05, 0) is 18.3 Å². The average molecular weight is 326 g/mol. The van der Waals surface area contributed by atoms with Crippen LogP contribution in [0.4, 0.5) is 4.39 Å². The van der Waals surface area contributed by atoms with Crippen molar-refractivity contribution in [1.29, 1.82) is 0 Å². The molecule has 0 saturated heterocycles. The second-order valence-corrected chi connectivity index (χ2v) is 4.77. The third kappa shape index (κ3) is 3.02. The SMILES string of the molecule is COc1cc(OC)c(-c2cc(=O)[nH]c(=S)n2CCO)cc1F. The highest BCUT2D eigenvalue weighted by atomic mass is 32.1. The summed E-state index contributed by atoms with van der Waals surface area (Å²) in [7, 11) is 2.77. The van der Waals surface area contributed by atoms with E-state index in [-0.39, 0.29) is 23.7 Å². The Morgan fingerprint density at radius 2 is 1.95 bits per heavy atom. The summed E-state index contributed by atoms with van der Waals surface area (Å²) in [5.41, 5.74) is 0.264. The number of hydrogen-bond acceptors (Lipinski definition) is 5. The first kappa shape index (κ1) is 16.2. The highest BCUT2D eigenvalue weighted by Gasteiger charge is 2.16. The molecule has 2 rings (SSSR count). The number of rotatable bonds is 5. The maximum atomic E-state index is 14.0. The van der Waals surface area contributed by atoms with Crippen LogP contribution in [0.15, 0.2) is 23.0 Å². The lowest BCUT2D eigenvalue weighted by atomic mass is 10.1. The topological polar surface area (TPSA) is 76.5 Å². The first-order valence-corrected chi connectivity index (χ1v) is 6.79. The Hall–Kier alpha value is -2.19. The van der Waals surface area contributed by atoms with Crippen LogP contribution in [0.1, 0.15) is 0 Å². The number of methoxy groups -OCH3 is 2. The van der Waals surface area contributed by atoms with Crippen LogP contribution in [0.2, 0.25) is 0 Å². The average Bonchev–Trinajstić information content (AvgIpc) is 2.49. The molecule has 0 atom stereocenters. The van der Waals surface area contributed by atoms with E-state index < -0.39 is 11.4 Å². The van der Waals surface area contributed by atoms with Gasteiger partial charge in [0.05, 0.1) is 26.5 Å². The van der Waals surface area contributed by atoms with E-state index in [1.54, 1.807) is 0 Å². The minimum atomic E-state index is -0.597. The molecule has 0 amide bonds. The van der Waals surface area contributed by atoms with Crippen LogP contribution >= 0.6 is 12.2 Å². The van der Waals surface area contributed by atoms with Crippen molar-refractivity contribution in [2.75, 3.05) is 20.8 Å². The van der Waals surface area contributed by atoms with Gasteiger partial charge in [0.25, 0.3) is 5.56 Å². The molecular formula is C14H15FN2O4S. The van der Waals surface area contributed by atoms with Crippen molar-refractivity contribution >= 4 is 12.2 Å². The van der Waals surface area contributed by atoms with E-state index in [1.165, 1.54) is 37.0 Å². The van der Waals surface area contributed by atoms with Crippen LogP contribution in [0.5, 0.6) is 11.5 Å². The zero-order valence-electron chi connectivity index (χ0n) is 12.1. The number of aromatic amines is 1. The lowest BCUT2D eigenvalue weighted by Crippen LogP contribution is -2.16. The number of benzene rings is 1. The van der Waals surface area contributed by atoms with Crippen LogP contribution in [-0.2, 0) is 6.54 Å². The first-order valence-electron chi connectivity index (χ1n) is 6.38. The zero-order valence-corrected chi connectivity index (χ0v) is 12.9. The molecule has 22 heavy (non-hydrogen) atoms. The normalized spacial score (nSPS) is 10.5. The molecule has 0 aliphatic carbocycles. The van der Waals surface area contributed by atoms with Crippen LogP contribution in [0.25, 0.3) is 11.3 Å². The molecule has 0 unspecified atom stereocenters. The Balaban J connectivity index is 2.78. The second kappa shape index (κ2) is 6.71. The van der Waals surface area contributed by atoms with Gasteiger partial charge < -0.3 is 19.1 Å². The Labute approximate surface area is 130 Å². The molecule has 0 spiro atoms. The number of aliphatic hydroxyl groups excluding tert-OH is 1. The molecule has 0 aliphatic rings. The zero-order chi connectivity index (χ0) is 16.3. The van der Waals surface area contributed by atoms with Crippen LogP contribution in [-0.4, -0.2) is 35.5 Å². The summed E-state index contributed by atoms with van der Waals surface area (Å²) in [4.78, 5) is 14.2. The van der Waals surface area contributed by atoms with E-state index >= 15 is 0 Å². The highest BCUT2D eigenvalue weighted by Crippen LogP contribution is 2.34. The van der Waals surface area contributed by atoms with Gasteiger partial charge in [-0.25, -0.2) is 4.39 Å². The lowest BCUT2D eigenvalue weighted by molar-refractivity contribution is 0.275. The summed E-state index contributed by atoms with van der Waals surface area (Å²) in [6.45, 7) is -0.0317. The second-order valence-electron chi connectivity index (χ2n) is 4.39. The largest absolute Gasteiger partial charge is 0.496 e. The number of nitrogens with zero attached hydrogens (tertiary/aromatic N) is 1. The van der Waals surface area contributed by atoms with Gasteiger partial charge in [-0.2, -0.15) is 0 Å². The minimum absolute atomic E-state index is 0.0257. The maximum absolute atomic E-state index is 14.0. The number of halogens is 1. The van der Waals surface area contributed by atoms with E-state index in [4.69, 9.17) is 26.8 Å².